The van der Waals surface area contributed by atoms with Crippen molar-refractivity contribution >= 4 is 17.8 Å². The lowest BCUT2D eigenvalue weighted by molar-refractivity contribution is 0.187. The number of anilines is 1. The molecule has 1 aromatic heterocycles. The highest BCUT2D eigenvalue weighted by molar-refractivity contribution is 5.84. The summed E-state index contributed by atoms with van der Waals surface area (Å²) in [6.07, 6.45) is 2.86. The van der Waals surface area contributed by atoms with E-state index in [0.717, 1.165) is 11.1 Å². The molecule has 0 aliphatic rings. The molecule has 0 atom stereocenters. The second-order valence-corrected chi connectivity index (χ2v) is 4.71. The molecule has 2 rings (SSSR count). The van der Waals surface area contributed by atoms with E-state index in [1.807, 2.05) is 24.3 Å². The van der Waals surface area contributed by atoms with E-state index in [1.54, 1.807) is 24.5 Å². The van der Waals surface area contributed by atoms with E-state index < -0.39 is 6.09 Å². The zero-order chi connectivity index (χ0) is 16.5. The molecule has 1 aromatic carbocycles. The molecule has 0 aliphatic heterocycles. The van der Waals surface area contributed by atoms with E-state index in [1.165, 1.54) is 7.11 Å². The first-order chi connectivity index (χ1) is 11.2. The Kier molecular flexibility index (Phi) is 5.93. The molecule has 1 heterocycles. The fourth-order valence-corrected chi connectivity index (χ4v) is 1.80. The molecule has 7 nitrogen and oxygen atoms in total. The minimum absolute atomic E-state index is 0.259. The van der Waals surface area contributed by atoms with Crippen LogP contribution in [0.25, 0.3) is 0 Å². The molecule has 7 heteroatoms. The molecular weight excluding hydrogens is 296 g/mol. The summed E-state index contributed by atoms with van der Waals surface area (Å²) in [4.78, 5) is 26.8. The second-order valence-electron chi connectivity index (χ2n) is 4.71. The van der Waals surface area contributed by atoms with Crippen LogP contribution in [0, 0.1) is 0 Å². The Morgan fingerprint density at radius 2 is 1.74 bits per heavy atom. The van der Waals surface area contributed by atoms with Gasteiger partial charge in [-0.25, -0.2) is 9.59 Å². The Morgan fingerprint density at radius 3 is 2.35 bits per heavy atom. The van der Waals surface area contributed by atoms with Crippen LogP contribution in [0.1, 0.15) is 11.1 Å². The molecule has 0 bridgehead atoms. The molecule has 3 N–H and O–H groups in total. The van der Waals surface area contributed by atoms with E-state index in [4.69, 9.17) is 0 Å². The van der Waals surface area contributed by atoms with E-state index in [9.17, 15) is 9.59 Å². The highest BCUT2D eigenvalue weighted by atomic mass is 16.5. The van der Waals surface area contributed by atoms with Gasteiger partial charge in [0, 0.05) is 31.2 Å². The molecule has 0 radical (unpaired) electrons. The number of hydrogen-bond donors (Lipinski definition) is 3. The third kappa shape index (κ3) is 5.66. The lowest BCUT2D eigenvalue weighted by atomic mass is 10.2. The monoisotopic (exact) mass is 314 g/mol. The summed E-state index contributed by atoms with van der Waals surface area (Å²) >= 11 is 0. The van der Waals surface area contributed by atoms with Gasteiger partial charge in [0.05, 0.1) is 7.11 Å². The fraction of sp³-hybridized carbons (Fsp3) is 0.188. The highest BCUT2D eigenvalue weighted by Gasteiger charge is 2.03. The van der Waals surface area contributed by atoms with Crippen LogP contribution in [0.5, 0.6) is 0 Å². The number of urea groups is 1. The minimum Gasteiger partial charge on any atom is -0.453 e. The van der Waals surface area contributed by atoms with E-state index >= 15 is 0 Å². The molecule has 120 valence electrons. The van der Waals surface area contributed by atoms with Gasteiger partial charge in [0.1, 0.15) is 0 Å². The Bertz CT molecular complexity index is 644. The minimum atomic E-state index is -0.523. The number of amides is 3. The van der Waals surface area contributed by atoms with Crippen LogP contribution < -0.4 is 16.0 Å². The first-order valence-electron chi connectivity index (χ1n) is 7.02. The van der Waals surface area contributed by atoms with Crippen molar-refractivity contribution in [1.82, 2.24) is 15.6 Å². The number of aromatic nitrogens is 1. The molecule has 0 unspecified atom stereocenters. The number of hydrogen-bond acceptors (Lipinski definition) is 4. The summed E-state index contributed by atoms with van der Waals surface area (Å²) in [6.45, 7) is 0.805. The SMILES string of the molecule is COC(=O)Nc1ccc(CNC(=O)NCc2cccnc2)cc1. The van der Waals surface area contributed by atoms with Crippen molar-refractivity contribution in [2.45, 2.75) is 13.1 Å². The van der Waals surface area contributed by atoms with Gasteiger partial charge in [-0.1, -0.05) is 18.2 Å². The number of carbonyl (C=O) groups excluding carboxylic acids is 2. The maximum atomic E-state index is 11.7. The van der Waals surface area contributed by atoms with Crippen LogP contribution in [0.3, 0.4) is 0 Å². The molecule has 2 aromatic rings. The zero-order valence-corrected chi connectivity index (χ0v) is 12.7. The normalized spacial score (nSPS) is 9.78. The predicted octanol–water partition coefficient (Wildman–Crippen LogP) is 2.26. The van der Waals surface area contributed by atoms with Crippen molar-refractivity contribution in [3.05, 3.63) is 59.9 Å². The van der Waals surface area contributed by atoms with Crippen LogP contribution in [0.2, 0.25) is 0 Å². The molecular formula is C16H18N4O3. The molecule has 0 aliphatic carbocycles. The predicted molar refractivity (Wildman–Crippen MR) is 85.8 cm³/mol. The topological polar surface area (TPSA) is 92.4 Å². The first kappa shape index (κ1) is 16.3. The fourth-order valence-electron chi connectivity index (χ4n) is 1.80. The summed E-state index contributed by atoms with van der Waals surface area (Å²) in [5.74, 6) is 0. The largest absolute Gasteiger partial charge is 0.453 e. The summed E-state index contributed by atoms with van der Waals surface area (Å²) in [5.41, 5.74) is 2.47. The van der Waals surface area contributed by atoms with Crippen molar-refractivity contribution < 1.29 is 14.3 Å². The molecule has 0 saturated heterocycles. The molecule has 0 fully saturated rings. The Labute approximate surface area is 134 Å². The van der Waals surface area contributed by atoms with Crippen LogP contribution in [-0.2, 0) is 17.8 Å². The van der Waals surface area contributed by atoms with Crippen LogP contribution in [0.4, 0.5) is 15.3 Å². The Balaban J connectivity index is 1.74. The Hall–Kier alpha value is -3.09. The number of benzene rings is 1. The number of carbonyl (C=O) groups is 2. The smallest absolute Gasteiger partial charge is 0.411 e. The summed E-state index contributed by atoms with van der Waals surface area (Å²) in [6, 6.07) is 10.5. The van der Waals surface area contributed by atoms with Gasteiger partial charge in [-0.2, -0.15) is 0 Å². The first-order valence-corrected chi connectivity index (χ1v) is 7.02. The second kappa shape index (κ2) is 8.38. The maximum absolute atomic E-state index is 11.7. The van der Waals surface area contributed by atoms with Gasteiger partial charge in [-0.05, 0) is 29.3 Å². The Morgan fingerprint density at radius 1 is 1.04 bits per heavy atom. The number of nitrogens with zero attached hydrogens (tertiary/aromatic N) is 1. The van der Waals surface area contributed by atoms with E-state index in [-0.39, 0.29) is 6.03 Å². The summed E-state index contributed by atoms with van der Waals surface area (Å²) in [7, 11) is 1.30. The molecule has 0 saturated carbocycles. The zero-order valence-electron chi connectivity index (χ0n) is 12.7. The van der Waals surface area contributed by atoms with E-state index in [0.29, 0.717) is 18.8 Å². The van der Waals surface area contributed by atoms with Gasteiger partial charge in [-0.3, -0.25) is 10.3 Å². The van der Waals surface area contributed by atoms with Gasteiger partial charge >= 0.3 is 12.1 Å². The van der Waals surface area contributed by atoms with Crippen molar-refractivity contribution in [2.24, 2.45) is 0 Å². The summed E-state index contributed by atoms with van der Waals surface area (Å²) < 4.78 is 4.51. The van der Waals surface area contributed by atoms with E-state index in [2.05, 4.69) is 25.7 Å². The number of methoxy groups -OCH3 is 1. The quantitative estimate of drug-likeness (QED) is 0.789. The van der Waals surface area contributed by atoms with Gasteiger partial charge in [0.2, 0.25) is 0 Å². The van der Waals surface area contributed by atoms with Gasteiger partial charge in [0.25, 0.3) is 0 Å². The lowest BCUT2D eigenvalue weighted by Gasteiger charge is -2.08. The number of nitrogens with one attached hydrogen (secondary N) is 3. The molecule has 3 amide bonds. The van der Waals surface area contributed by atoms with Crippen molar-refractivity contribution in [2.75, 3.05) is 12.4 Å². The average Bonchev–Trinajstić information content (AvgIpc) is 2.60. The third-order valence-corrected chi connectivity index (χ3v) is 3.01. The van der Waals surface area contributed by atoms with Crippen LogP contribution in [-0.4, -0.2) is 24.2 Å². The van der Waals surface area contributed by atoms with Crippen LogP contribution >= 0.6 is 0 Å². The maximum Gasteiger partial charge on any atom is 0.411 e. The highest BCUT2D eigenvalue weighted by Crippen LogP contribution is 2.09. The van der Waals surface area contributed by atoms with Crippen molar-refractivity contribution in [1.29, 1.82) is 0 Å². The third-order valence-electron chi connectivity index (χ3n) is 3.01. The number of ether oxygens (including phenoxy) is 1. The number of pyridine rings is 1. The van der Waals surface area contributed by atoms with Gasteiger partial charge in [0.15, 0.2) is 0 Å². The lowest BCUT2D eigenvalue weighted by Crippen LogP contribution is -2.34. The molecule has 0 spiro atoms. The van der Waals surface area contributed by atoms with Crippen molar-refractivity contribution in [3.8, 4) is 0 Å². The van der Waals surface area contributed by atoms with Crippen LogP contribution in [0.15, 0.2) is 48.8 Å². The number of rotatable bonds is 5. The van der Waals surface area contributed by atoms with Gasteiger partial charge < -0.3 is 15.4 Å². The standard InChI is InChI=1S/C16H18N4O3/c1-23-16(22)20-14-6-4-12(5-7-14)10-18-15(21)19-11-13-3-2-8-17-9-13/h2-9H,10-11H2,1H3,(H,20,22)(H2,18,19,21). The molecule has 23 heavy (non-hydrogen) atoms. The average molecular weight is 314 g/mol. The summed E-state index contributed by atoms with van der Waals surface area (Å²) in [5, 5.41) is 8.06. The van der Waals surface area contributed by atoms with Gasteiger partial charge in [-0.15, -0.1) is 0 Å². The van der Waals surface area contributed by atoms with Crippen molar-refractivity contribution in [3.63, 3.8) is 0 Å².